The largest absolute Gasteiger partial charge is 0.371 e. The lowest BCUT2D eigenvalue weighted by molar-refractivity contribution is -0.124. The van der Waals surface area contributed by atoms with Crippen LogP contribution in [-0.4, -0.2) is 50.3 Å². The average Bonchev–Trinajstić information content (AvgIpc) is 3.02. The van der Waals surface area contributed by atoms with E-state index in [-0.39, 0.29) is 18.1 Å². The van der Waals surface area contributed by atoms with Crippen molar-refractivity contribution in [3.63, 3.8) is 0 Å². The van der Waals surface area contributed by atoms with Gasteiger partial charge in [-0.25, -0.2) is 0 Å². The summed E-state index contributed by atoms with van der Waals surface area (Å²) in [6.07, 6.45) is 1.60. The molecule has 2 aliphatic rings. The number of ether oxygens (including phenoxy) is 2. The zero-order chi connectivity index (χ0) is 14.7. The first kappa shape index (κ1) is 14.5. The van der Waals surface area contributed by atoms with Gasteiger partial charge in [-0.05, 0) is 37.6 Å². The molecular weight excluding hydrogens is 268 g/mol. The van der Waals surface area contributed by atoms with E-state index in [9.17, 15) is 4.79 Å². The second-order valence-electron chi connectivity index (χ2n) is 5.73. The number of nitrogens with zero attached hydrogens (tertiary/aromatic N) is 1. The van der Waals surface area contributed by atoms with Gasteiger partial charge in [0.1, 0.15) is 6.10 Å². The molecule has 1 amide bonds. The molecule has 0 bridgehead atoms. The zero-order valence-electron chi connectivity index (χ0n) is 12.4. The van der Waals surface area contributed by atoms with Crippen molar-refractivity contribution in [2.24, 2.45) is 0 Å². The van der Waals surface area contributed by atoms with Gasteiger partial charge in [0.25, 0.3) is 5.91 Å². The molecule has 5 nitrogen and oxygen atoms in total. The molecular formula is C16H22N2O3. The minimum absolute atomic E-state index is 0.0473. The molecule has 0 aromatic heterocycles. The minimum Gasteiger partial charge on any atom is -0.371 e. The van der Waals surface area contributed by atoms with Crippen LogP contribution in [0.3, 0.4) is 0 Å². The van der Waals surface area contributed by atoms with E-state index in [0.29, 0.717) is 6.61 Å². The summed E-state index contributed by atoms with van der Waals surface area (Å²) in [6.45, 7) is 3.33. The van der Waals surface area contributed by atoms with E-state index in [1.807, 2.05) is 24.3 Å². The molecule has 1 N–H and O–H groups in total. The van der Waals surface area contributed by atoms with Crippen LogP contribution < -0.4 is 5.32 Å². The molecule has 21 heavy (non-hydrogen) atoms. The highest BCUT2D eigenvalue weighted by Gasteiger charge is 2.24. The highest BCUT2D eigenvalue weighted by Crippen LogP contribution is 2.23. The van der Waals surface area contributed by atoms with Gasteiger partial charge in [-0.1, -0.05) is 12.1 Å². The molecule has 3 rings (SSSR count). The maximum Gasteiger partial charge on any atom is 0.253 e. The summed E-state index contributed by atoms with van der Waals surface area (Å²) in [4.78, 5) is 14.2. The van der Waals surface area contributed by atoms with Gasteiger partial charge in [0.05, 0.1) is 12.7 Å². The number of rotatable bonds is 3. The SMILES string of the molecule is CN1CCOC(c2ccc(NC(=O)C3CCCO3)cc2)C1. The van der Waals surface area contributed by atoms with Crippen LogP contribution in [0.5, 0.6) is 0 Å². The summed E-state index contributed by atoms with van der Waals surface area (Å²) < 4.78 is 11.2. The fourth-order valence-electron chi connectivity index (χ4n) is 2.77. The highest BCUT2D eigenvalue weighted by molar-refractivity contribution is 5.94. The highest BCUT2D eigenvalue weighted by atomic mass is 16.5. The smallest absolute Gasteiger partial charge is 0.253 e. The van der Waals surface area contributed by atoms with Gasteiger partial charge >= 0.3 is 0 Å². The molecule has 0 radical (unpaired) electrons. The molecule has 2 unspecified atom stereocenters. The van der Waals surface area contributed by atoms with Crippen LogP contribution >= 0.6 is 0 Å². The number of morpholine rings is 1. The molecule has 2 aliphatic heterocycles. The summed E-state index contributed by atoms with van der Waals surface area (Å²) in [7, 11) is 2.10. The van der Waals surface area contributed by atoms with Crippen LogP contribution in [0.1, 0.15) is 24.5 Å². The molecule has 1 aromatic carbocycles. The van der Waals surface area contributed by atoms with E-state index in [2.05, 4.69) is 17.3 Å². The van der Waals surface area contributed by atoms with Crippen molar-refractivity contribution in [1.82, 2.24) is 4.90 Å². The lowest BCUT2D eigenvalue weighted by Gasteiger charge is -2.30. The Bertz CT molecular complexity index is 483. The van der Waals surface area contributed by atoms with Crippen molar-refractivity contribution in [2.45, 2.75) is 25.0 Å². The number of benzene rings is 1. The molecule has 2 saturated heterocycles. The van der Waals surface area contributed by atoms with Gasteiger partial charge < -0.3 is 19.7 Å². The van der Waals surface area contributed by atoms with Gasteiger partial charge in [0.15, 0.2) is 0 Å². The van der Waals surface area contributed by atoms with Crippen molar-refractivity contribution >= 4 is 11.6 Å². The first-order valence-corrected chi connectivity index (χ1v) is 7.55. The minimum atomic E-state index is -0.292. The molecule has 2 heterocycles. The van der Waals surface area contributed by atoms with E-state index in [1.54, 1.807) is 0 Å². The number of likely N-dealkylation sites (N-methyl/N-ethyl adjacent to an activating group) is 1. The summed E-state index contributed by atoms with van der Waals surface area (Å²) in [5, 5.41) is 2.91. The first-order valence-electron chi connectivity index (χ1n) is 7.55. The molecule has 0 aliphatic carbocycles. The topological polar surface area (TPSA) is 50.8 Å². The van der Waals surface area contributed by atoms with Crippen molar-refractivity contribution < 1.29 is 14.3 Å². The number of carbonyl (C=O) groups is 1. The normalized spacial score (nSPS) is 26.7. The third kappa shape index (κ3) is 3.61. The third-order valence-electron chi connectivity index (χ3n) is 4.04. The van der Waals surface area contributed by atoms with Crippen molar-refractivity contribution in [2.75, 3.05) is 38.7 Å². The quantitative estimate of drug-likeness (QED) is 0.922. The first-order chi connectivity index (χ1) is 10.2. The molecule has 0 spiro atoms. The third-order valence-corrected chi connectivity index (χ3v) is 4.04. The van der Waals surface area contributed by atoms with Crippen LogP contribution in [0, 0.1) is 0 Å². The second-order valence-corrected chi connectivity index (χ2v) is 5.73. The van der Waals surface area contributed by atoms with Crippen LogP contribution in [-0.2, 0) is 14.3 Å². The Hall–Kier alpha value is -1.43. The summed E-state index contributed by atoms with van der Waals surface area (Å²) >= 11 is 0. The number of hydrogen-bond donors (Lipinski definition) is 1. The van der Waals surface area contributed by atoms with Gasteiger partial charge in [0.2, 0.25) is 0 Å². The zero-order valence-corrected chi connectivity index (χ0v) is 12.4. The van der Waals surface area contributed by atoms with E-state index in [0.717, 1.165) is 43.8 Å². The van der Waals surface area contributed by atoms with Gasteiger partial charge in [-0.15, -0.1) is 0 Å². The monoisotopic (exact) mass is 290 g/mol. The summed E-state index contributed by atoms with van der Waals surface area (Å²) in [6, 6.07) is 7.91. The maximum absolute atomic E-state index is 12.0. The van der Waals surface area contributed by atoms with Gasteiger partial charge in [-0.3, -0.25) is 4.79 Å². The predicted octanol–water partition coefficient (Wildman–Crippen LogP) is 1.81. The number of hydrogen-bond acceptors (Lipinski definition) is 4. The van der Waals surface area contributed by atoms with E-state index in [4.69, 9.17) is 9.47 Å². The second kappa shape index (κ2) is 6.56. The van der Waals surface area contributed by atoms with Crippen LogP contribution in [0.4, 0.5) is 5.69 Å². The van der Waals surface area contributed by atoms with Crippen molar-refractivity contribution in [1.29, 1.82) is 0 Å². The number of carbonyl (C=O) groups excluding carboxylic acids is 1. The molecule has 5 heteroatoms. The van der Waals surface area contributed by atoms with E-state index < -0.39 is 0 Å². The Morgan fingerprint density at radius 1 is 1.24 bits per heavy atom. The fraction of sp³-hybridized carbons (Fsp3) is 0.562. The summed E-state index contributed by atoms with van der Waals surface area (Å²) in [5.74, 6) is -0.0473. The molecule has 0 saturated carbocycles. The van der Waals surface area contributed by atoms with Crippen molar-refractivity contribution in [3.05, 3.63) is 29.8 Å². The number of amides is 1. The molecule has 2 atom stereocenters. The standard InChI is InChI=1S/C16H22N2O3/c1-18-8-10-21-15(11-18)12-4-6-13(7-5-12)17-16(19)14-3-2-9-20-14/h4-7,14-15H,2-3,8-11H2,1H3,(H,17,19). The Labute approximate surface area is 125 Å². The fourth-order valence-corrected chi connectivity index (χ4v) is 2.77. The number of anilines is 1. The maximum atomic E-state index is 12.0. The predicted molar refractivity (Wildman–Crippen MR) is 80.2 cm³/mol. The van der Waals surface area contributed by atoms with Crippen molar-refractivity contribution in [3.8, 4) is 0 Å². The summed E-state index contributed by atoms with van der Waals surface area (Å²) in [5.41, 5.74) is 1.96. The van der Waals surface area contributed by atoms with E-state index in [1.165, 1.54) is 0 Å². The van der Waals surface area contributed by atoms with Crippen LogP contribution in [0.15, 0.2) is 24.3 Å². The Morgan fingerprint density at radius 3 is 2.71 bits per heavy atom. The lowest BCUT2D eigenvalue weighted by atomic mass is 10.1. The van der Waals surface area contributed by atoms with E-state index >= 15 is 0 Å². The van der Waals surface area contributed by atoms with Crippen LogP contribution in [0.2, 0.25) is 0 Å². The van der Waals surface area contributed by atoms with Crippen LogP contribution in [0.25, 0.3) is 0 Å². The molecule has 114 valence electrons. The van der Waals surface area contributed by atoms with Gasteiger partial charge in [0, 0.05) is 25.4 Å². The average molecular weight is 290 g/mol. The Morgan fingerprint density at radius 2 is 2.05 bits per heavy atom. The number of nitrogens with one attached hydrogen (secondary N) is 1. The molecule has 2 fully saturated rings. The Kier molecular flexibility index (Phi) is 4.53. The Balaban J connectivity index is 1.59. The van der Waals surface area contributed by atoms with Gasteiger partial charge in [-0.2, -0.15) is 0 Å². The lowest BCUT2D eigenvalue weighted by Crippen LogP contribution is -2.35. The molecule has 1 aromatic rings.